The average molecular weight is 528 g/mol. The minimum Gasteiger partial charge on any atom is -0.502 e. The summed E-state index contributed by atoms with van der Waals surface area (Å²) in [4.78, 5) is 14.2. The summed E-state index contributed by atoms with van der Waals surface area (Å²) in [6, 6.07) is 19.0. The number of aryl methyl sites for hydroxylation is 1. The topological polar surface area (TPSA) is 83.9 Å². The van der Waals surface area contributed by atoms with E-state index in [9.17, 15) is 18.3 Å². The van der Waals surface area contributed by atoms with Crippen LogP contribution in [0.25, 0.3) is 0 Å². The second kappa shape index (κ2) is 9.03. The first-order valence-electron chi connectivity index (χ1n) is 10.3. The minimum absolute atomic E-state index is 0.00562. The monoisotopic (exact) mass is 527 g/mol. The van der Waals surface area contributed by atoms with E-state index in [1.165, 1.54) is 17.0 Å². The van der Waals surface area contributed by atoms with Crippen LogP contribution >= 0.6 is 15.9 Å². The molecule has 1 amide bonds. The molecule has 8 heteroatoms. The summed E-state index contributed by atoms with van der Waals surface area (Å²) in [5.41, 5.74) is 1.86. The maximum absolute atomic E-state index is 13.7. The number of hydrogen-bond acceptors (Lipinski definition) is 5. The van der Waals surface area contributed by atoms with E-state index in [1.54, 1.807) is 60.7 Å². The van der Waals surface area contributed by atoms with Crippen LogP contribution in [0.2, 0.25) is 0 Å². The average Bonchev–Trinajstić information content (AvgIpc) is 3.06. The van der Waals surface area contributed by atoms with Gasteiger partial charge in [-0.2, -0.15) is 0 Å². The summed E-state index contributed by atoms with van der Waals surface area (Å²) in [5, 5.41) is 10.9. The molecule has 0 unspecified atom stereocenters. The fraction of sp³-hybridized carbons (Fsp3) is 0.160. The van der Waals surface area contributed by atoms with Gasteiger partial charge >= 0.3 is 0 Å². The van der Waals surface area contributed by atoms with Gasteiger partial charge in [0, 0.05) is 10.2 Å². The number of nitrogens with zero attached hydrogens (tertiary/aromatic N) is 1. The number of hydrogen-bond donors (Lipinski definition) is 1. The molecule has 6 nitrogen and oxygen atoms in total. The van der Waals surface area contributed by atoms with Crippen molar-refractivity contribution in [2.45, 2.75) is 24.8 Å². The van der Waals surface area contributed by atoms with Gasteiger partial charge in [0.2, 0.25) is 9.84 Å². The van der Waals surface area contributed by atoms with Crippen LogP contribution in [0, 0.1) is 6.92 Å². The number of rotatable bonds is 6. The Morgan fingerprint density at radius 1 is 1.03 bits per heavy atom. The number of halogens is 1. The molecule has 170 valence electrons. The van der Waals surface area contributed by atoms with Gasteiger partial charge in [-0.15, -0.1) is 0 Å². The zero-order chi connectivity index (χ0) is 23.8. The Bertz CT molecular complexity index is 1330. The van der Waals surface area contributed by atoms with E-state index in [4.69, 9.17) is 4.74 Å². The van der Waals surface area contributed by atoms with Gasteiger partial charge in [-0.1, -0.05) is 45.8 Å². The van der Waals surface area contributed by atoms with Crippen LogP contribution in [0.5, 0.6) is 5.75 Å². The predicted molar refractivity (Wildman–Crippen MR) is 130 cm³/mol. The summed E-state index contributed by atoms with van der Waals surface area (Å²) in [7, 11) is -4.19. The standard InChI is InChI=1S/C25H22BrNO5S/c1-3-32-20-6-4-5-17(15-20)22-24(33(30,31)21-13-7-16(2)8-14-21)23(28)25(29)27(22)19-11-9-18(26)10-12-19/h4-15,22,28H,3H2,1-2H3/t22-/m1/s1. The van der Waals surface area contributed by atoms with E-state index in [2.05, 4.69) is 15.9 Å². The summed E-state index contributed by atoms with van der Waals surface area (Å²) in [6.07, 6.45) is 0. The van der Waals surface area contributed by atoms with Crippen LogP contribution in [-0.4, -0.2) is 26.0 Å². The van der Waals surface area contributed by atoms with Gasteiger partial charge in [0.25, 0.3) is 5.91 Å². The highest BCUT2D eigenvalue weighted by Crippen LogP contribution is 2.45. The molecule has 0 aromatic heterocycles. The maximum atomic E-state index is 13.7. The number of sulfone groups is 1. The lowest BCUT2D eigenvalue weighted by molar-refractivity contribution is -0.117. The van der Waals surface area contributed by atoms with E-state index in [1.807, 2.05) is 13.8 Å². The quantitative estimate of drug-likeness (QED) is 0.458. The molecule has 0 fully saturated rings. The molecule has 1 atom stereocenters. The van der Waals surface area contributed by atoms with Crippen molar-refractivity contribution in [3.63, 3.8) is 0 Å². The van der Waals surface area contributed by atoms with Gasteiger partial charge in [0.05, 0.1) is 11.5 Å². The Morgan fingerprint density at radius 2 is 1.70 bits per heavy atom. The largest absolute Gasteiger partial charge is 0.502 e. The van der Waals surface area contributed by atoms with E-state index in [0.717, 1.165) is 10.0 Å². The highest BCUT2D eigenvalue weighted by Gasteiger charge is 2.47. The van der Waals surface area contributed by atoms with Crippen LogP contribution < -0.4 is 9.64 Å². The predicted octanol–water partition coefficient (Wildman–Crippen LogP) is 5.49. The first-order chi connectivity index (χ1) is 15.7. The molecular formula is C25H22BrNO5S. The third-order valence-corrected chi connectivity index (χ3v) is 7.79. The van der Waals surface area contributed by atoms with Crippen LogP contribution in [0.4, 0.5) is 5.69 Å². The van der Waals surface area contributed by atoms with Crippen molar-refractivity contribution in [2.24, 2.45) is 0 Å². The fourth-order valence-electron chi connectivity index (χ4n) is 3.81. The number of ether oxygens (including phenoxy) is 1. The summed E-state index contributed by atoms with van der Waals surface area (Å²) in [6.45, 7) is 4.13. The molecule has 0 aliphatic carbocycles. The molecule has 1 heterocycles. The Hall–Kier alpha value is -3.10. The Balaban J connectivity index is 1.93. The molecule has 1 aliphatic rings. The van der Waals surface area contributed by atoms with Crippen LogP contribution in [0.1, 0.15) is 24.1 Å². The van der Waals surface area contributed by atoms with E-state index < -0.39 is 27.5 Å². The van der Waals surface area contributed by atoms with Gasteiger partial charge < -0.3 is 9.84 Å². The van der Waals surface area contributed by atoms with Crippen molar-refractivity contribution in [3.8, 4) is 5.75 Å². The minimum atomic E-state index is -4.19. The fourth-order valence-corrected chi connectivity index (χ4v) is 5.70. The first-order valence-corrected chi connectivity index (χ1v) is 12.6. The zero-order valence-electron chi connectivity index (χ0n) is 18.0. The number of aliphatic hydroxyl groups is 1. The number of aliphatic hydroxyl groups excluding tert-OH is 1. The number of carbonyl (C=O) groups excluding carboxylic acids is 1. The lowest BCUT2D eigenvalue weighted by atomic mass is 10.1. The summed E-state index contributed by atoms with van der Waals surface area (Å²) < 4.78 is 33.8. The molecule has 33 heavy (non-hydrogen) atoms. The van der Waals surface area contributed by atoms with Gasteiger partial charge in [0.15, 0.2) is 5.76 Å². The van der Waals surface area contributed by atoms with Crippen LogP contribution in [0.3, 0.4) is 0 Å². The molecule has 4 rings (SSSR count). The van der Waals surface area contributed by atoms with Gasteiger partial charge in [0.1, 0.15) is 16.7 Å². The molecule has 0 bridgehead atoms. The van der Waals surface area contributed by atoms with Crippen molar-refractivity contribution in [2.75, 3.05) is 11.5 Å². The van der Waals surface area contributed by atoms with Crippen molar-refractivity contribution < 1.29 is 23.1 Å². The number of benzene rings is 3. The molecule has 0 saturated carbocycles. The smallest absolute Gasteiger partial charge is 0.295 e. The summed E-state index contributed by atoms with van der Waals surface area (Å²) >= 11 is 3.37. The number of amides is 1. The third kappa shape index (κ3) is 4.28. The zero-order valence-corrected chi connectivity index (χ0v) is 20.4. The highest BCUT2D eigenvalue weighted by atomic mass is 79.9. The molecule has 0 spiro atoms. The number of anilines is 1. The van der Waals surface area contributed by atoms with E-state index in [0.29, 0.717) is 23.6 Å². The lowest BCUT2D eigenvalue weighted by Crippen LogP contribution is -2.31. The lowest BCUT2D eigenvalue weighted by Gasteiger charge is -2.27. The third-order valence-electron chi connectivity index (χ3n) is 5.37. The van der Waals surface area contributed by atoms with Gasteiger partial charge in [-0.05, 0) is 67.9 Å². The maximum Gasteiger partial charge on any atom is 0.295 e. The summed E-state index contributed by atoms with van der Waals surface area (Å²) in [5.74, 6) is -1.03. The van der Waals surface area contributed by atoms with Gasteiger partial charge in [-0.25, -0.2) is 8.42 Å². The normalized spacial score (nSPS) is 16.4. The molecule has 3 aromatic rings. The second-order valence-corrected chi connectivity index (χ2v) is 10.4. The van der Waals surface area contributed by atoms with E-state index in [-0.39, 0.29) is 9.80 Å². The molecule has 1 aliphatic heterocycles. The Morgan fingerprint density at radius 3 is 2.33 bits per heavy atom. The van der Waals surface area contributed by atoms with Crippen molar-refractivity contribution in [1.82, 2.24) is 0 Å². The van der Waals surface area contributed by atoms with Crippen LogP contribution in [0.15, 0.2) is 92.8 Å². The molecule has 3 aromatic carbocycles. The first kappa shape index (κ1) is 23.1. The van der Waals surface area contributed by atoms with Crippen molar-refractivity contribution >= 4 is 37.4 Å². The van der Waals surface area contributed by atoms with Crippen LogP contribution in [-0.2, 0) is 14.6 Å². The second-order valence-electron chi connectivity index (χ2n) is 7.59. The van der Waals surface area contributed by atoms with E-state index >= 15 is 0 Å². The highest BCUT2D eigenvalue weighted by molar-refractivity contribution is 9.10. The molecule has 1 N–H and O–H groups in total. The molecular weight excluding hydrogens is 506 g/mol. The molecule has 0 saturated heterocycles. The SMILES string of the molecule is CCOc1cccc([C@@H]2C(S(=O)(=O)c3ccc(C)cc3)=C(O)C(=O)N2c2ccc(Br)cc2)c1. The number of carbonyl (C=O) groups is 1. The Labute approximate surface area is 201 Å². The van der Waals surface area contributed by atoms with Crippen molar-refractivity contribution in [3.05, 3.63) is 99.1 Å². The van der Waals surface area contributed by atoms with Gasteiger partial charge in [-0.3, -0.25) is 9.69 Å². The van der Waals surface area contributed by atoms with Crippen molar-refractivity contribution in [1.29, 1.82) is 0 Å². The molecule has 0 radical (unpaired) electrons. The Kier molecular flexibility index (Phi) is 6.32.